The summed E-state index contributed by atoms with van der Waals surface area (Å²) in [6.45, 7) is 14.0. The van der Waals surface area contributed by atoms with Gasteiger partial charge in [0.15, 0.2) is 0 Å². The van der Waals surface area contributed by atoms with Crippen LogP contribution in [0.5, 0.6) is 0 Å². The third-order valence-corrected chi connectivity index (χ3v) is 7.25. The first-order valence-electron chi connectivity index (χ1n) is 6.25. The summed E-state index contributed by atoms with van der Waals surface area (Å²) >= 11 is 0. The molecule has 0 heterocycles. The molecule has 110 valence electrons. The summed E-state index contributed by atoms with van der Waals surface area (Å²) in [5.41, 5.74) is 0. The molecule has 0 saturated heterocycles. The van der Waals surface area contributed by atoms with Crippen molar-refractivity contribution in [2.45, 2.75) is 13.1 Å². The van der Waals surface area contributed by atoms with Gasteiger partial charge in [0.25, 0.3) is 0 Å². The number of benzene rings is 1. The van der Waals surface area contributed by atoms with Gasteiger partial charge in [0, 0.05) is 0 Å². The average molecular weight is 508 g/mol. The van der Waals surface area contributed by atoms with E-state index in [1.807, 2.05) is 0 Å². The Morgan fingerprint density at radius 2 is 1.37 bits per heavy atom. The molecule has 0 bridgehead atoms. The minimum atomic E-state index is -0.291. The Labute approximate surface area is 142 Å². The van der Waals surface area contributed by atoms with Gasteiger partial charge in [0.1, 0.15) is 0 Å². The molecule has 0 aliphatic carbocycles. The second kappa shape index (κ2) is 12.9. The minimum Gasteiger partial charge on any atom is -0.655 e. The van der Waals surface area contributed by atoms with Gasteiger partial charge >= 0.3 is 21.1 Å². The van der Waals surface area contributed by atoms with E-state index in [1.165, 1.54) is 22.7 Å². The van der Waals surface area contributed by atoms with Crippen LogP contribution in [-0.2, 0) is 21.1 Å². The molecule has 1 rings (SSSR count). The topological polar surface area (TPSA) is 0 Å². The summed E-state index contributed by atoms with van der Waals surface area (Å²) in [6, 6.07) is 8.44. The van der Waals surface area contributed by atoms with Gasteiger partial charge in [-0.25, -0.2) is 5.19 Å². The summed E-state index contributed by atoms with van der Waals surface area (Å²) < 4.78 is 0. The number of hydrogen-bond acceptors (Lipinski definition) is 0. The van der Waals surface area contributed by atoms with E-state index in [2.05, 4.69) is 74.3 Å². The van der Waals surface area contributed by atoms with Gasteiger partial charge < -0.3 is 10.2 Å². The molecule has 0 aliphatic heterocycles. The fourth-order valence-corrected chi connectivity index (χ4v) is 6.50. The van der Waals surface area contributed by atoms with Crippen LogP contribution in [0.3, 0.4) is 0 Å². The predicted octanol–water partition coefficient (Wildman–Crippen LogP) is 2.91. The van der Waals surface area contributed by atoms with Crippen molar-refractivity contribution in [3.8, 4) is 0 Å². The van der Waals surface area contributed by atoms with Gasteiger partial charge in [-0.05, 0) is 39.0 Å². The molecule has 0 nitrogen and oxygen atoms in total. The molecule has 1 aromatic rings. The van der Waals surface area contributed by atoms with Crippen LogP contribution in [0.15, 0.2) is 24.3 Å². The summed E-state index contributed by atoms with van der Waals surface area (Å²) in [4.78, 5) is 0. The van der Waals surface area contributed by atoms with Crippen molar-refractivity contribution >= 4 is 45.3 Å². The maximum absolute atomic E-state index is 3.57. The molecule has 0 aliphatic rings. The Bertz CT molecular complexity index is 323. The first kappa shape index (κ1) is 22.5. The van der Waals surface area contributed by atoms with Gasteiger partial charge in [0.05, 0.1) is 0 Å². The molecule has 5 heteroatoms. The fourth-order valence-electron chi connectivity index (χ4n) is 1.32. The zero-order valence-corrected chi connectivity index (χ0v) is 19.0. The van der Waals surface area contributed by atoms with Crippen LogP contribution in [0.25, 0.3) is 0 Å². The molecular weight excluding hydrogens is 481 g/mol. The Kier molecular flexibility index (Phi) is 15.3. The Hall–Kier alpha value is 1.20. The molecule has 0 amide bonds. The summed E-state index contributed by atoms with van der Waals surface area (Å²) in [6.07, 6.45) is 2.96. The van der Waals surface area contributed by atoms with Crippen LogP contribution < -0.4 is 10.4 Å². The standard InChI is InChI=1S/C8H10Si2.C6H16P2.Pt/c1-10(2)8-6-4-3-5-7(8)9;1-7(2)5-6-8(3)4;/h3-6H,1-2H3;5-6H2,1-4H3;/q-2;;+2. The average Bonchev–Trinajstić information content (AvgIpc) is 2.27. The molecular formula is C14H26P2PtSi2. The Morgan fingerprint density at radius 1 is 0.947 bits per heavy atom. The zero-order valence-electron chi connectivity index (χ0n) is 12.9. The minimum absolute atomic E-state index is 0. The van der Waals surface area contributed by atoms with Crippen molar-refractivity contribution in [2.75, 3.05) is 39.0 Å². The van der Waals surface area contributed by atoms with Crippen molar-refractivity contribution in [3.05, 3.63) is 24.3 Å². The van der Waals surface area contributed by atoms with Crippen LogP contribution in [0.1, 0.15) is 0 Å². The zero-order chi connectivity index (χ0) is 14.1. The molecule has 0 atom stereocenters. The van der Waals surface area contributed by atoms with Crippen molar-refractivity contribution in [1.29, 1.82) is 0 Å². The molecule has 0 aromatic heterocycles. The first-order valence-corrected chi connectivity index (χ1v) is 14.1. The van der Waals surface area contributed by atoms with E-state index in [4.69, 9.17) is 0 Å². The third-order valence-electron chi connectivity index (χ3n) is 2.46. The normalized spacial score (nSPS) is 9.68. The van der Waals surface area contributed by atoms with Gasteiger partial charge in [-0.1, -0.05) is 18.2 Å². The van der Waals surface area contributed by atoms with Crippen LogP contribution in [0.4, 0.5) is 0 Å². The van der Waals surface area contributed by atoms with E-state index in [0.717, 1.165) is 0 Å². The smallest absolute Gasteiger partial charge is 0.655 e. The van der Waals surface area contributed by atoms with Crippen molar-refractivity contribution < 1.29 is 21.1 Å². The SMILES string of the molecule is CP(C)CCP(C)C.C[Si-](C)c1ccccc1[Si-].[Pt+2]. The monoisotopic (exact) mass is 507 g/mol. The molecule has 19 heavy (non-hydrogen) atoms. The number of rotatable bonds is 4. The van der Waals surface area contributed by atoms with Gasteiger partial charge in [-0.2, -0.15) is 13.1 Å². The molecule has 0 N–H and O–H groups in total. The largest absolute Gasteiger partial charge is 2.00 e. The van der Waals surface area contributed by atoms with E-state index in [9.17, 15) is 0 Å². The molecule has 0 spiro atoms. The Balaban J connectivity index is 0. The Morgan fingerprint density at radius 3 is 1.63 bits per heavy atom. The quantitative estimate of drug-likeness (QED) is 0.435. The van der Waals surface area contributed by atoms with E-state index in [-0.39, 0.29) is 29.9 Å². The number of hydrogen-bond donors (Lipinski definition) is 0. The molecule has 2 radical (unpaired) electrons. The van der Waals surface area contributed by atoms with E-state index in [0.29, 0.717) is 15.8 Å². The predicted molar refractivity (Wildman–Crippen MR) is 96.2 cm³/mol. The van der Waals surface area contributed by atoms with Gasteiger partial charge in [-0.3, -0.25) is 14.0 Å². The van der Waals surface area contributed by atoms with Crippen molar-refractivity contribution in [3.63, 3.8) is 0 Å². The van der Waals surface area contributed by atoms with Gasteiger partial charge in [0.2, 0.25) is 0 Å². The summed E-state index contributed by atoms with van der Waals surface area (Å²) in [5.74, 6) is 0. The van der Waals surface area contributed by atoms with Crippen molar-refractivity contribution in [1.82, 2.24) is 0 Å². The maximum atomic E-state index is 3.57. The van der Waals surface area contributed by atoms with E-state index in [1.54, 1.807) is 0 Å². The molecule has 0 saturated carbocycles. The molecule has 0 unspecified atom stereocenters. The summed E-state index contributed by atoms with van der Waals surface area (Å²) in [7, 11) is 4.05. The van der Waals surface area contributed by atoms with Crippen LogP contribution >= 0.6 is 15.8 Å². The maximum Gasteiger partial charge on any atom is 2.00 e. The first-order chi connectivity index (χ1) is 8.34. The van der Waals surface area contributed by atoms with Crippen LogP contribution in [0, 0.1) is 0 Å². The fraction of sp³-hybridized carbons (Fsp3) is 0.571. The second-order valence-corrected chi connectivity index (χ2v) is 13.4. The van der Waals surface area contributed by atoms with Crippen molar-refractivity contribution in [2.24, 2.45) is 0 Å². The molecule has 0 fully saturated rings. The van der Waals surface area contributed by atoms with E-state index < -0.39 is 0 Å². The van der Waals surface area contributed by atoms with E-state index >= 15 is 0 Å². The van der Waals surface area contributed by atoms with Gasteiger partial charge in [-0.15, -0.1) is 21.9 Å². The molecule has 1 aromatic carbocycles. The van der Waals surface area contributed by atoms with Crippen LogP contribution in [-0.4, -0.2) is 58.0 Å². The van der Waals surface area contributed by atoms with Crippen LogP contribution in [0.2, 0.25) is 13.1 Å². The summed E-state index contributed by atoms with van der Waals surface area (Å²) in [5, 5.41) is 2.73. The second-order valence-electron chi connectivity index (χ2n) is 5.15. The third kappa shape index (κ3) is 12.6.